The summed E-state index contributed by atoms with van der Waals surface area (Å²) in [6.45, 7) is 0.371. The molecule has 4 nitrogen and oxygen atoms in total. The van der Waals surface area contributed by atoms with E-state index >= 15 is 0 Å². The molecule has 7 heteroatoms. The topological polar surface area (TPSA) is 47.1 Å². The Morgan fingerprint density at radius 2 is 1.95 bits per heavy atom. The highest BCUT2D eigenvalue weighted by Crippen LogP contribution is 2.34. The monoisotopic (exact) mass is 298 g/mol. The predicted molar refractivity (Wildman–Crippen MR) is 75.9 cm³/mol. The summed E-state index contributed by atoms with van der Waals surface area (Å²) in [5.74, 6) is 0.273. The molecule has 0 bridgehead atoms. The maximum absolute atomic E-state index is 12.8. The predicted octanol–water partition coefficient (Wildman–Crippen LogP) is 2.63. The Labute approximate surface area is 121 Å². The minimum absolute atomic E-state index is 0.273. The molecule has 0 atom stereocenters. The van der Waals surface area contributed by atoms with E-state index in [1.807, 2.05) is 25.1 Å². The Balaban J connectivity index is 2.59. The Morgan fingerprint density at radius 1 is 1.29 bits per heavy atom. The summed E-state index contributed by atoms with van der Waals surface area (Å²) < 4.78 is 39.7. The van der Waals surface area contributed by atoms with Crippen molar-refractivity contribution in [1.29, 1.82) is 0 Å². The number of halogens is 3. The van der Waals surface area contributed by atoms with Crippen LogP contribution < -0.4 is 10.6 Å². The molecule has 0 aliphatic rings. The number of imidazole rings is 1. The number of hydrogen-bond acceptors (Lipinski definition) is 3. The number of anilines is 1. The first-order valence-electron chi connectivity index (χ1n) is 6.35. The number of benzene rings is 1. The van der Waals surface area contributed by atoms with Gasteiger partial charge in [-0.1, -0.05) is 6.07 Å². The van der Waals surface area contributed by atoms with Crippen LogP contribution in [0.5, 0.6) is 0 Å². The summed E-state index contributed by atoms with van der Waals surface area (Å²) in [7, 11) is 5.20. The van der Waals surface area contributed by atoms with Crippen LogP contribution in [0.1, 0.15) is 11.3 Å². The van der Waals surface area contributed by atoms with Gasteiger partial charge in [0.25, 0.3) is 0 Å². The Bertz CT molecular complexity index is 644. The van der Waals surface area contributed by atoms with Crippen LogP contribution in [0.15, 0.2) is 24.4 Å². The number of alkyl halides is 3. The molecule has 1 aromatic carbocycles. The first-order valence-corrected chi connectivity index (χ1v) is 6.35. The van der Waals surface area contributed by atoms with Gasteiger partial charge in [0.05, 0.1) is 0 Å². The fourth-order valence-electron chi connectivity index (χ4n) is 2.12. The standard InChI is InChI=1S/C14H17F3N4/c1-20(2)11-6-9(7-18)4-5-10(11)13-19-12(8-21(13)3)14(15,16)17/h4-6,8H,7,18H2,1-3H3. The second-order valence-corrected chi connectivity index (χ2v) is 5.01. The summed E-state index contributed by atoms with van der Waals surface area (Å²) >= 11 is 0. The van der Waals surface area contributed by atoms with Crippen molar-refractivity contribution in [3.8, 4) is 11.4 Å². The number of hydrogen-bond donors (Lipinski definition) is 1. The molecular formula is C14H17F3N4. The summed E-state index contributed by atoms with van der Waals surface area (Å²) in [4.78, 5) is 5.56. The Kier molecular flexibility index (Phi) is 3.95. The molecule has 1 aromatic heterocycles. The van der Waals surface area contributed by atoms with Crippen molar-refractivity contribution in [2.45, 2.75) is 12.7 Å². The van der Waals surface area contributed by atoms with E-state index in [0.29, 0.717) is 12.1 Å². The molecule has 0 fully saturated rings. The third-order valence-corrected chi connectivity index (χ3v) is 3.19. The molecule has 0 saturated heterocycles. The number of nitrogens with zero attached hydrogens (tertiary/aromatic N) is 3. The molecule has 2 N–H and O–H groups in total. The lowest BCUT2D eigenvalue weighted by Crippen LogP contribution is -2.12. The van der Waals surface area contributed by atoms with Gasteiger partial charge in [0.2, 0.25) is 0 Å². The van der Waals surface area contributed by atoms with Crippen LogP contribution in [-0.4, -0.2) is 23.6 Å². The van der Waals surface area contributed by atoms with Crippen molar-refractivity contribution in [2.75, 3.05) is 19.0 Å². The van der Waals surface area contributed by atoms with Gasteiger partial charge < -0.3 is 15.2 Å². The highest BCUT2D eigenvalue weighted by molar-refractivity contribution is 5.75. The lowest BCUT2D eigenvalue weighted by atomic mass is 10.1. The van der Waals surface area contributed by atoms with E-state index in [0.717, 1.165) is 17.4 Å². The second-order valence-electron chi connectivity index (χ2n) is 5.01. The zero-order chi connectivity index (χ0) is 15.8. The van der Waals surface area contributed by atoms with E-state index in [1.165, 1.54) is 4.57 Å². The van der Waals surface area contributed by atoms with Gasteiger partial charge in [-0.25, -0.2) is 4.98 Å². The fraction of sp³-hybridized carbons (Fsp3) is 0.357. The van der Waals surface area contributed by atoms with E-state index < -0.39 is 11.9 Å². The molecule has 1 heterocycles. The van der Waals surface area contributed by atoms with E-state index in [-0.39, 0.29) is 5.82 Å². The van der Waals surface area contributed by atoms with Crippen molar-refractivity contribution in [3.05, 3.63) is 35.7 Å². The normalized spacial score (nSPS) is 11.8. The third-order valence-electron chi connectivity index (χ3n) is 3.19. The zero-order valence-corrected chi connectivity index (χ0v) is 12.1. The molecular weight excluding hydrogens is 281 g/mol. The van der Waals surface area contributed by atoms with Crippen LogP contribution in [0, 0.1) is 0 Å². The maximum atomic E-state index is 12.8. The molecule has 0 aliphatic heterocycles. The number of aromatic nitrogens is 2. The van der Waals surface area contributed by atoms with E-state index in [1.54, 1.807) is 19.2 Å². The average molecular weight is 298 g/mol. The molecule has 21 heavy (non-hydrogen) atoms. The molecule has 2 rings (SSSR count). The number of nitrogens with two attached hydrogens (primary N) is 1. The lowest BCUT2D eigenvalue weighted by Gasteiger charge is -2.18. The largest absolute Gasteiger partial charge is 0.434 e. The van der Waals surface area contributed by atoms with Crippen LogP contribution in [0.3, 0.4) is 0 Å². The molecule has 0 aliphatic carbocycles. The van der Waals surface area contributed by atoms with Crippen LogP contribution in [-0.2, 0) is 19.8 Å². The van der Waals surface area contributed by atoms with E-state index in [9.17, 15) is 13.2 Å². The zero-order valence-electron chi connectivity index (χ0n) is 12.1. The first-order chi connectivity index (χ1) is 9.74. The van der Waals surface area contributed by atoms with Crippen molar-refractivity contribution in [2.24, 2.45) is 12.8 Å². The van der Waals surface area contributed by atoms with Crippen molar-refractivity contribution < 1.29 is 13.2 Å². The molecule has 0 radical (unpaired) electrons. The van der Waals surface area contributed by atoms with Gasteiger partial charge in [0.15, 0.2) is 5.69 Å². The van der Waals surface area contributed by atoms with E-state index in [2.05, 4.69) is 4.98 Å². The Hall–Kier alpha value is -2.02. The Morgan fingerprint density at radius 3 is 2.43 bits per heavy atom. The molecule has 114 valence electrons. The maximum Gasteiger partial charge on any atom is 0.434 e. The summed E-state index contributed by atoms with van der Waals surface area (Å²) in [5.41, 5.74) is 7.04. The smallest absolute Gasteiger partial charge is 0.377 e. The van der Waals surface area contributed by atoms with Gasteiger partial charge >= 0.3 is 6.18 Å². The van der Waals surface area contributed by atoms with Gasteiger partial charge in [-0.15, -0.1) is 0 Å². The molecule has 0 unspecified atom stereocenters. The van der Waals surface area contributed by atoms with Crippen molar-refractivity contribution in [1.82, 2.24) is 9.55 Å². The molecule has 2 aromatic rings. The highest BCUT2D eigenvalue weighted by Gasteiger charge is 2.34. The number of rotatable bonds is 3. The van der Waals surface area contributed by atoms with Gasteiger partial charge in [-0.3, -0.25) is 0 Å². The van der Waals surface area contributed by atoms with E-state index in [4.69, 9.17) is 5.73 Å². The lowest BCUT2D eigenvalue weighted by molar-refractivity contribution is -0.140. The summed E-state index contributed by atoms with van der Waals surface area (Å²) in [6.07, 6.45) is -3.46. The first kappa shape index (κ1) is 15.4. The van der Waals surface area contributed by atoms with Crippen molar-refractivity contribution in [3.63, 3.8) is 0 Å². The quantitative estimate of drug-likeness (QED) is 0.947. The average Bonchev–Trinajstić information content (AvgIpc) is 2.80. The summed E-state index contributed by atoms with van der Waals surface area (Å²) in [5, 5.41) is 0. The molecule has 0 amide bonds. The second kappa shape index (κ2) is 5.40. The SMILES string of the molecule is CN(C)c1cc(CN)ccc1-c1nc(C(F)(F)F)cn1C. The van der Waals surface area contributed by atoms with Crippen molar-refractivity contribution >= 4 is 5.69 Å². The fourth-order valence-corrected chi connectivity index (χ4v) is 2.12. The van der Waals surface area contributed by atoms with Gasteiger partial charge in [-0.2, -0.15) is 13.2 Å². The van der Waals surface area contributed by atoms with Gasteiger partial charge in [0, 0.05) is 45.1 Å². The summed E-state index contributed by atoms with van der Waals surface area (Å²) in [6, 6.07) is 5.40. The van der Waals surface area contributed by atoms with Crippen LogP contribution in [0.25, 0.3) is 11.4 Å². The minimum atomic E-state index is -4.45. The van der Waals surface area contributed by atoms with Gasteiger partial charge in [0.1, 0.15) is 5.82 Å². The van der Waals surface area contributed by atoms with Crippen LogP contribution >= 0.6 is 0 Å². The minimum Gasteiger partial charge on any atom is -0.377 e. The van der Waals surface area contributed by atoms with Gasteiger partial charge in [-0.05, 0) is 17.7 Å². The molecule has 0 spiro atoms. The van der Waals surface area contributed by atoms with Crippen LogP contribution in [0.4, 0.5) is 18.9 Å². The highest BCUT2D eigenvalue weighted by atomic mass is 19.4. The third kappa shape index (κ3) is 3.02. The van der Waals surface area contributed by atoms with Crippen LogP contribution in [0.2, 0.25) is 0 Å². The number of aryl methyl sites for hydroxylation is 1. The molecule has 0 saturated carbocycles.